The summed E-state index contributed by atoms with van der Waals surface area (Å²) in [7, 11) is 0. The van der Waals surface area contributed by atoms with E-state index < -0.39 is 0 Å². The highest BCUT2D eigenvalue weighted by molar-refractivity contribution is 7.97. The Kier molecular flexibility index (Phi) is 3.74. The lowest BCUT2D eigenvalue weighted by atomic mass is 10.0. The van der Waals surface area contributed by atoms with Crippen LogP contribution in [0.2, 0.25) is 10.0 Å². The molecule has 112 valence electrons. The van der Waals surface area contributed by atoms with E-state index in [9.17, 15) is 0 Å². The van der Waals surface area contributed by atoms with Crippen LogP contribution in [0.4, 0.5) is 0 Å². The molecular weight excluding hydrogens is 339 g/mol. The summed E-state index contributed by atoms with van der Waals surface area (Å²) < 4.78 is 2.31. The summed E-state index contributed by atoms with van der Waals surface area (Å²) >= 11 is 13.7. The Bertz CT molecular complexity index is 849. The zero-order valence-corrected chi connectivity index (χ0v) is 13.8. The first-order valence-corrected chi connectivity index (χ1v) is 8.41. The number of pyridine rings is 1. The molecule has 0 fully saturated rings. The van der Waals surface area contributed by atoms with Crippen molar-refractivity contribution in [3.8, 4) is 0 Å². The highest BCUT2D eigenvalue weighted by atomic mass is 35.5. The maximum Gasteiger partial charge on any atom is 0.155 e. The van der Waals surface area contributed by atoms with Crippen molar-refractivity contribution in [3.05, 3.63) is 51.8 Å². The van der Waals surface area contributed by atoms with Gasteiger partial charge >= 0.3 is 0 Å². The summed E-state index contributed by atoms with van der Waals surface area (Å²) in [5.74, 6) is 0. The van der Waals surface area contributed by atoms with E-state index in [0.717, 1.165) is 35.4 Å². The quantitative estimate of drug-likeness (QED) is 0.698. The molecule has 0 aliphatic carbocycles. The number of fused-ring (bicyclic) bond motifs is 3. The fourth-order valence-corrected chi connectivity index (χ4v) is 4.04. The highest BCUT2D eigenvalue weighted by Gasteiger charge is 2.20. The van der Waals surface area contributed by atoms with Gasteiger partial charge in [-0.25, -0.2) is 9.29 Å². The van der Waals surface area contributed by atoms with Crippen LogP contribution in [0.1, 0.15) is 11.1 Å². The number of aromatic nitrogens is 3. The monoisotopic (exact) mass is 350 g/mol. The predicted molar refractivity (Wildman–Crippen MR) is 90.3 cm³/mol. The van der Waals surface area contributed by atoms with E-state index in [1.54, 1.807) is 11.9 Å². The minimum absolute atomic E-state index is 0.585. The lowest BCUT2D eigenvalue weighted by molar-refractivity contribution is 0.445. The molecule has 0 saturated heterocycles. The summed E-state index contributed by atoms with van der Waals surface area (Å²) in [6.07, 6.45) is 4.79. The average Bonchev–Trinajstić information content (AvgIpc) is 2.99. The third-order valence-corrected chi connectivity index (χ3v) is 5.54. The summed E-state index contributed by atoms with van der Waals surface area (Å²) in [6, 6.07) is 5.73. The van der Waals surface area contributed by atoms with E-state index in [2.05, 4.69) is 19.5 Å². The lowest BCUT2D eigenvalue weighted by Gasteiger charge is -2.27. The van der Waals surface area contributed by atoms with Crippen LogP contribution in [0, 0.1) is 0 Å². The van der Waals surface area contributed by atoms with Crippen molar-refractivity contribution in [1.82, 2.24) is 19.5 Å². The van der Waals surface area contributed by atoms with Crippen LogP contribution in [-0.4, -0.2) is 26.0 Å². The van der Waals surface area contributed by atoms with E-state index in [0.29, 0.717) is 10.0 Å². The largest absolute Gasteiger partial charge is 0.261 e. The lowest BCUT2D eigenvalue weighted by Crippen LogP contribution is -2.24. The Balaban J connectivity index is 1.57. The number of nitrogens with zero attached hydrogens (tertiary/aromatic N) is 3. The van der Waals surface area contributed by atoms with E-state index in [4.69, 9.17) is 23.2 Å². The Hall–Kier alpha value is -1.27. The molecule has 1 aromatic carbocycles. The highest BCUT2D eigenvalue weighted by Crippen LogP contribution is 2.34. The van der Waals surface area contributed by atoms with E-state index in [1.807, 2.05) is 30.6 Å². The second kappa shape index (κ2) is 5.74. The molecular formula is C15H12Cl2N4S. The van der Waals surface area contributed by atoms with Crippen molar-refractivity contribution in [1.29, 1.82) is 0 Å². The maximum atomic E-state index is 6.08. The van der Waals surface area contributed by atoms with Gasteiger partial charge in [-0.1, -0.05) is 23.2 Å². The summed E-state index contributed by atoms with van der Waals surface area (Å²) in [5.41, 5.74) is 3.47. The summed E-state index contributed by atoms with van der Waals surface area (Å²) in [5, 5.41) is 9.32. The van der Waals surface area contributed by atoms with Crippen LogP contribution in [0.5, 0.6) is 0 Å². The van der Waals surface area contributed by atoms with Gasteiger partial charge in [0, 0.05) is 29.6 Å². The molecule has 0 amide bonds. The molecule has 1 aliphatic rings. The number of H-pyrrole nitrogens is 1. The van der Waals surface area contributed by atoms with Gasteiger partial charge in [-0.3, -0.25) is 5.10 Å². The molecule has 3 aromatic rings. The number of hydrogen-bond donors (Lipinski definition) is 1. The van der Waals surface area contributed by atoms with Crippen molar-refractivity contribution < 1.29 is 0 Å². The Labute approximate surface area is 142 Å². The van der Waals surface area contributed by atoms with Gasteiger partial charge in [0.1, 0.15) is 0 Å². The van der Waals surface area contributed by atoms with E-state index >= 15 is 0 Å². The topological polar surface area (TPSA) is 44.8 Å². The van der Waals surface area contributed by atoms with Crippen molar-refractivity contribution >= 4 is 46.2 Å². The molecule has 0 atom stereocenters. The molecule has 0 unspecified atom stereocenters. The van der Waals surface area contributed by atoms with Crippen LogP contribution < -0.4 is 0 Å². The van der Waals surface area contributed by atoms with Crippen molar-refractivity contribution in [2.24, 2.45) is 0 Å². The van der Waals surface area contributed by atoms with E-state index in [-0.39, 0.29) is 0 Å². The number of nitrogens with one attached hydrogen (secondary N) is 1. The minimum atomic E-state index is 0.585. The van der Waals surface area contributed by atoms with Crippen LogP contribution in [-0.2, 0) is 13.0 Å². The van der Waals surface area contributed by atoms with E-state index in [1.165, 1.54) is 11.1 Å². The van der Waals surface area contributed by atoms with Crippen molar-refractivity contribution in [2.45, 2.75) is 17.9 Å². The molecule has 0 radical (unpaired) electrons. The van der Waals surface area contributed by atoms with Gasteiger partial charge in [0.2, 0.25) is 0 Å². The number of benzene rings is 1. The molecule has 4 rings (SSSR count). The van der Waals surface area contributed by atoms with Gasteiger partial charge in [0.15, 0.2) is 5.65 Å². The molecule has 3 heterocycles. The Morgan fingerprint density at radius 2 is 2.09 bits per heavy atom. The zero-order valence-electron chi connectivity index (χ0n) is 11.5. The standard InChI is InChI=1S/C15H12Cl2N4S/c16-13-2-1-10(5-14(13)17)22-21-4-3-11-9(8-21)6-18-15-12(11)7-19-20-15/h1-2,5-7H,3-4,8H2,(H,18,19,20). The number of aromatic amines is 1. The molecule has 0 saturated carbocycles. The smallest absolute Gasteiger partial charge is 0.155 e. The zero-order chi connectivity index (χ0) is 15.1. The number of hydrogen-bond acceptors (Lipinski definition) is 4. The normalized spacial score (nSPS) is 15.2. The van der Waals surface area contributed by atoms with Crippen LogP contribution >= 0.6 is 35.1 Å². The third kappa shape index (κ3) is 2.58. The second-order valence-electron chi connectivity index (χ2n) is 5.18. The molecule has 22 heavy (non-hydrogen) atoms. The second-order valence-corrected chi connectivity index (χ2v) is 7.16. The third-order valence-electron chi connectivity index (χ3n) is 3.76. The van der Waals surface area contributed by atoms with Gasteiger partial charge in [0.25, 0.3) is 0 Å². The maximum absolute atomic E-state index is 6.08. The average molecular weight is 351 g/mol. The fourth-order valence-electron chi connectivity index (χ4n) is 2.69. The van der Waals surface area contributed by atoms with Gasteiger partial charge in [-0.05, 0) is 47.7 Å². The molecule has 0 spiro atoms. The minimum Gasteiger partial charge on any atom is -0.261 e. The molecule has 1 N–H and O–H groups in total. The molecule has 2 aromatic heterocycles. The molecule has 0 bridgehead atoms. The van der Waals surface area contributed by atoms with Crippen molar-refractivity contribution in [2.75, 3.05) is 6.54 Å². The van der Waals surface area contributed by atoms with Crippen LogP contribution in [0.15, 0.2) is 35.5 Å². The first kappa shape index (κ1) is 14.3. The first-order valence-electron chi connectivity index (χ1n) is 6.88. The number of halogens is 2. The molecule has 7 heteroatoms. The number of rotatable bonds is 2. The predicted octanol–water partition coefficient (Wildman–Crippen LogP) is 4.33. The Morgan fingerprint density at radius 3 is 2.95 bits per heavy atom. The van der Waals surface area contributed by atoms with Crippen molar-refractivity contribution in [3.63, 3.8) is 0 Å². The summed E-state index contributed by atoms with van der Waals surface area (Å²) in [4.78, 5) is 5.52. The fraction of sp³-hybridized carbons (Fsp3) is 0.200. The molecule has 1 aliphatic heterocycles. The van der Waals surface area contributed by atoms with Crippen LogP contribution in [0.3, 0.4) is 0 Å². The summed E-state index contributed by atoms with van der Waals surface area (Å²) in [6.45, 7) is 1.83. The van der Waals surface area contributed by atoms with Gasteiger partial charge in [-0.2, -0.15) is 5.10 Å². The van der Waals surface area contributed by atoms with Gasteiger partial charge in [0.05, 0.1) is 16.2 Å². The van der Waals surface area contributed by atoms with Gasteiger partial charge < -0.3 is 0 Å². The SMILES string of the molecule is Clc1ccc(SN2CCc3c(cnc4[nH]ncc34)C2)cc1Cl. The molecule has 4 nitrogen and oxygen atoms in total. The van der Waals surface area contributed by atoms with Gasteiger partial charge in [-0.15, -0.1) is 0 Å². The Morgan fingerprint density at radius 1 is 1.18 bits per heavy atom. The van der Waals surface area contributed by atoms with Crippen LogP contribution in [0.25, 0.3) is 11.0 Å². The first-order chi connectivity index (χ1) is 10.7.